The van der Waals surface area contributed by atoms with Gasteiger partial charge in [0.1, 0.15) is 11.5 Å². The number of furan rings is 1. The zero-order valence-electron chi connectivity index (χ0n) is 11.4. The number of pyridine rings is 1. The molecule has 0 saturated carbocycles. The summed E-state index contributed by atoms with van der Waals surface area (Å²) >= 11 is 0. The molecule has 1 aromatic carbocycles. The molecule has 0 unspecified atom stereocenters. The van der Waals surface area contributed by atoms with E-state index in [0.717, 1.165) is 22.7 Å². The van der Waals surface area contributed by atoms with Crippen molar-refractivity contribution >= 4 is 22.4 Å². The van der Waals surface area contributed by atoms with Crippen LogP contribution in [0.25, 0.3) is 27.9 Å². The van der Waals surface area contributed by atoms with Crippen LogP contribution in [0.15, 0.2) is 59.0 Å². The second-order valence-corrected chi connectivity index (χ2v) is 4.72. The van der Waals surface area contributed by atoms with Crippen LogP contribution in [0, 0.1) is 0 Å². The molecule has 0 amide bonds. The fourth-order valence-corrected chi connectivity index (χ4v) is 2.15. The predicted octanol–water partition coefficient (Wildman–Crippen LogP) is 3.98. The van der Waals surface area contributed by atoms with Crippen molar-refractivity contribution in [2.24, 2.45) is 0 Å². The Morgan fingerprint density at radius 2 is 1.95 bits per heavy atom. The summed E-state index contributed by atoms with van der Waals surface area (Å²) in [5.41, 5.74) is 2.18. The lowest BCUT2D eigenvalue weighted by molar-refractivity contribution is -0.131. The molecule has 2 aromatic heterocycles. The average molecular weight is 279 g/mol. The van der Waals surface area contributed by atoms with Crippen LogP contribution in [0.4, 0.5) is 0 Å². The molecular weight excluding hydrogens is 266 g/mol. The lowest BCUT2D eigenvalue weighted by Gasteiger charge is -2.00. The van der Waals surface area contributed by atoms with Gasteiger partial charge in [-0.1, -0.05) is 24.3 Å². The minimum Gasteiger partial charge on any atom is -0.478 e. The van der Waals surface area contributed by atoms with Gasteiger partial charge in [-0.15, -0.1) is 0 Å². The van der Waals surface area contributed by atoms with Gasteiger partial charge in [0.2, 0.25) is 0 Å². The number of rotatable bonds is 3. The van der Waals surface area contributed by atoms with Crippen LogP contribution in [0.1, 0.15) is 12.7 Å². The van der Waals surface area contributed by atoms with Crippen LogP contribution in [0.2, 0.25) is 0 Å². The monoisotopic (exact) mass is 279 g/mol. The molecule has 0 aliphatic carbocycles. The normalized spacial score (nSPS) is 11.8. The van der Waals surface area contributed by atoms with E-state index in [1.165, 1.54) is 0 Å². The van der Waals surface area contributed by atoms with Gasteiger partial charge in [-0.2, -0.15) is 0 Å². The lowest BCUT2D eigenvalue weighted by atomic mass is 10.2. The van der Waals surface area contributed by atoms with Crippen molar-refractivity contribution in [3.05, 3.63) is 60.4 Å². The fourth-order valence-electron chi connectivity index (χ4n) is 2.15. The maximum absolute atomic E-state index is 10.7. The number of carboxylic acid groups (broad SMARTS) is 1. The number of fused-ring (bicyclic) bond motifs is 1. The number of allylic oxidation sites excluding steroid dienone is 1. The molecule has 0 saturated heterocycles. The second kappa shape index (κ2) is 5.25. The van der Waals surface area contributed by atoms with Gasteiger partial charge in [-0.25, -0.2) is 9.78 Å². The largest absolute Gasteiger partial charge is 0.478 e. The Labute approximate surface area is 121 Å². The van der Waals surface area contributed by atoms with Crippen molar-refractivity contribution < 1.29 is 14.3 Å². The van der Waals surface area contributed by atoms with E-state index in [9.17, 15) is 4.79 Å². The third-order valence-electron chi connectivity index (χ3n) is 3.19. The second-order valence-electron chi connectivity index (χ2n) is 4.72. The van der Waals surface area contributed by atoms with E-state index in [2.05, 4.69) is 4.98 Å². The van der Waals surface area contributed by atoms with E-state index in [-0.39, 0.29) is 0 Å². The molecule has 21 heavy (non-hydrogen) atoms. The van der Waals surface area contributed by atoms with E-state index < -0.39 is 5.97 Å². The van der Waals surface area contributed by atoms with Gasteiger partial charge in [0.05, 0.1) is 5.52 Å². The van der Waals surface area contributed by atoms with E-state index in [1.807, 2.05) is 36.4 Å². The Morgan fingerprint density at radius 1 is 1.14 bits per heavy atom. The first-order valence-corrected chi connectivity index (χ1v) is 6.51. The Hall–Kier alpha value is -2.88. The molecule has 104 valence electrons. The zero-order valence-corrected chi connectivity index (χ0v) is 11.4. The van der Waals surface area contributed by atoms with E-state index in [0.29, 0.717) is 17.1 Å². The number of nitrogens with zero attached hydrogens (tertiary/aromatic N) is 1. The number of para-hydroxylation sites is 1. The highest BCUT2D eigenvalue weighted by molar-refractivity contribution is 5.89. The molecule has 0 aliphatic heterocycles. The SMILES string of the molecule is C/C(=C\C(=O)O)c1ccc(-c2ccc3ccccc3n2)o1. The molecule has 3 aromatic rings. The van der Waals surface area contributed by atoms with Crippen molar-refractivity contribution in [3.63, 3.8) is 0 Å². The molecule has 0 radical (unpaired) electrons. The Morgan fingerprint density at radius 3 is 2.76 bits per heavy atom. The van der Waals surface area contributed by atoms with Gasteiger partial charge in [0.15, 0.2) is 5.76 Å². The van der Waals surface area contributed by atoms with Crippen molar-refractivity contribution in [1.82, 2.24) is 4.98 Å². The van der Waals surface area contributed by atoms with E-state index in [4.69, 9.17) is 9.52 Å². The van der Waals surface area contributed by atoms with Crippen LogP contribution < -0.4 is 0 Å². The molecule has 4 nitrogen and oxygen atoms in total. The summed E-state index contributed by atoms with van der Waals surface area (Å²) in [6.07, 6.45) is 1.12. The van der Waals surface area contributed by atoms with Crippen molar-refractivity contribution in [3.8, 4) is 11.5 Å². The first kappa shape index (κ1) is 13.1. The molecular formula is C17H13NO3. The quantitative estimate of drug-likeness (QED) is 0.736. The number of aromatic nitrogens is 1. The van der Waals surface area contributed by atoms with E-state index >= 15 is 0 Å². The van der Waals surface area contributed by atoms with Gasteiger partial charge in [0, 0.05) is 11.5 Å². The number of carboxylic acids is 1. The minimum atomic E-state index is -0.991. The molecule has 1 N–H and O–H groups in total. The van der Waals surface area contributed by atoms with Crippen molar-refractivity contribution in [2.45, 2.75) is 6.92 Å². The average Bonchev–Trinajstić information content (AvgIpc) is 2.96. The summed E-state index contributed by atoms with van der Waals surface area (Å²) in [7, 11) is 0. The Bertz CT molecular complexity index is 846. The van der Waals surface area contributed by atoms with Crippen LogP contribution in [0.3, 0.4) is 0 Å². The molecule has 0 fully saturated rings. The molecule has 0 spiro atoms. The van der Waals surface area contributed by atoms with Gasteiger partial charge in [-0.05, 0) is 36.8 Å². The Balaban J connectivity index is 2.00. The third-order valence-corrected chi connectivity index (χ3v) is 3.19. The maximum atomic E-state index is 10.7. The molecule has 0 bridgehead atoms. The molecule has 3 rings (SSSR count). The number of hydrogen-bond acceptors (Lipinski definition) is 3. The highest BCUT2D eigenvalue weighted by Gasteiger charge is 2.09. The minimum absolute atomic E-state index is 0.530. The van der Waals surface area contributed by atoms with Crippen LogP contribution in [0.5, 0.6) is 0 Å². The lowest BCUT2D eigenvalue weighted by Crippen LogP contribution is -1.88. The standard InChI is InChI=1S/C17H13NO3/c1-11(10-17(19)20)15-8-9-16(21-15)14-7-6-12-4-2-3-5-13(12)18-14/h2-10H,1H3,(H,19,20)/b11-10+. The van der Waals surface area contributed by atoms with Gasteiger partial charge >= 0.3 is 5.97 Å². The fraction of sp³-hybridized carbons (Fsp3) is 0.0588. The van der Waals surface area contributed by atoms with Gasteiger partial charge in [0.25, 0.3) is 0 Å². The third kappa shape index (κ3) is 2.69. The summed E-state index contributed by atoms with van der Waals surface area (Å²) in [5, 5.41) is 9.82. The summed E-state index contributed by atoms with van der Waals surface area (Å²) < 4.78 is 5.69. The summed E-state index contributed by atoms with van der Waals surface area (Å²) in [6, 6.07) is 15.3. The van der Waals surface area contributed by atoms with Crippen LogP contribution in [-0.2, 0) is 4.79 Å². The Kier molecular flexibility index (Phi) is 3.28. The smallest absolute Gasteiger partial charge is 0.328 e. The molecule has 2 heterocycles. The summed E-state index contributed by atoms with van der Waals surface area (Å²) in [5.74, 6) is 0.158. The summed E-state index contributed by atoms with van der Waals surface area (Å²) in [6.45, 7) is 1.70. The molecule has 0 aliphatic rings. The molecule has 4 heteroatoms. The predicted molar refractivity (Wildman–Crippen MR) is 80.7 cm³/mol. The maximum Gasteiger partial charge on any atom is 0.328 e. The van der Waals surface area contributed by atoms with Crippen molar-refractivity contribution in [2.75, 3.05) is 0 Å². The van der Waals surface area contributed by atoms with E-state index in [1.54, 1.807) is 19.1 Å². The topological polar surface area (TPSA) is 63.3 Å². The zero-order chi connectivity index (χ0) is 14.8. The van der Waals surface area contributed by atoms with Crippen LogP contribution in [-0.4, -0.2) is 16.1 Å². The first-order valence-electron chi connectivity index (χ1n) is 6.51. The van der Waals surface area contributed by atoms with Gasteiger partial charge in [-0.3, -0.25) is 0 Å². The highest BCUT2D eigenvalue weighted by Crippen LogP contribution is 2.26. The summed E-state index contributed by atoms with van der Waals surface area (Å²) in [4.78, 5) is 15.2. The number of carbonyl (C=O) groups is 1. The van der Waals surface area contributed by atoms with Gasteiger partial charge < -0.3 is 9.52 Å². The number of hydrogen-bond donors (Lipinski definition) is 1. The number of aliphatic carboxylic acids is 1. The molecule has 0 atom stereocenters. The number of benzene rings is 1. The van der Waals surface area contributed by atoms with Crippen LogP contribution >= 0.6 is 0 Å². The first-order chi connectivity index (χ1) is 10.1. The highest BCUT2D eigenvalue weighted by atomic mass is 16.4. The van der Waals surface area contributed by atoms with Crippen molar-refractivity contribution in [1.29, 1.82) is 0 Å².